The van der Waals surface area contributed by atoms with Gasteiger partial charge in [0.05, 0.1) is 23.5 Å². The van der Waals surface area contributed by atoms with Crippen LogP contribution in [0.1, 0.15) is 59.4 Å². The van der Waals surface area contributed by atoms with Crippen molar-refractivity contribution in [2.24, 2.45) is 10.9 Å². The Morgan fingerprint density at radius 3 is 2.77 bits per heavy atom. The zero-order chi connectivity index (χ0) is 29.8. The van der Waals surface area contributed by atoms with Crippen molar-refractivity contribution in [3.63, 3.8) is 0 Å². The molecule has 3 N–H and O–H groups in total. The summed E-state index contributed by atoms with van der Waals surface area (Å²) in [4.78, 5) is 67.0. The van der Waals surface area contributed by atoms with Gasteiger partial charge in [-0.15, -0.1) is 0 Å². The van der Waals surface area contributed by atoms with Gasteiger partial charge < -0.3 is 15.5 Å². The van der Waals surface area contributed by atoms with Crippen LogP contribution in [0, 0.1) is 12.8 Å². The second kappa shape index (κ2) is 10.2. The molecule has 14 heteroatoms. The Morgan fingerprint density at radius 2 is 2.02 bits per heavy atom. The number of nitrogens with two attached hydrogens (primary N) is 1. The number of nitrogen functional groups attached to an aromatic ring is 1. The molecule has 0 aromatic carbocycles. The SMILES string of the molecule is Cc1ccnc(C2CC2C(=O)Nc2ncnc(N)c2C=NCc2cn3cc(C4CC4)cc(N4CC(=O)N(C)C4=O)c3n2)n1. The summed E-state index contributed by atoms with van der Waals surface area (Å²) in [5.41, 5.74) is 10.3. The molecule has 7 rings (SSSR count). The largest absolute Gasteiger partial charge is 0.383 e. The van der Waals surface area contributed by atoms with E-state index in [9.17, 15) is 14.4 Å². The van der Waals surface area contributed by atoms with E-state index in [0.717, 1.165) is 29.0 Å². The Morgan fingerprint density at radius 1 is 1.19 bits per heavy atom. The summed E-state index contributed by atoms with van der Waals surface area (Å²) >= 11 is 0. The van der Waals surface area contributed by atoms with Gasteiger partial charge in [-0.25, -0.2) is 29.7 Å². The maximum Gasteiger partial charge on any atom is 0.331 e. The lowest BCUT2D eigenvalue weighted by molar-refractivity contribution is -0.124. The van der Waals surface area contributed by atoms with Gasteiger partial charge >= 0.3 is 6.03 Å². The van der Waals surface area contributed by atoms with Gasteiger partial charge in [0.15, 0.2) is 5.65 Å². The number of amides is 4. The third kappa shape index (κ3) is 5.04. The number of pyridine rings is 1. The maximum atomic E-state index is 13.0. The van der Waals surface area contributed by atoms with Crippen LogP contribution in [0.15, 0.2) is 42.0 Å². The summed E-state index contributed by atoms with van der Waals surface area (Å²) in [5.74, 6) is 0.796. The van der Waals surface area contributed by atoms with E-state index in [0.29, 0.717) is 40.8 Å². The van der Waals surface area contributed by atoms with E-state index in [4.69, 9.17) is 10.7 Å². The van der Waals surface area contributed by atoms with Crippen molar-refractivity contribution in [2.75, 3.05) is 29.5 Å². The number of carbonyl (C=O) groups excluding carboxylic acids is 3. The number of imidazole rings is 1. The first kappa shape index (κ1) is 26.6. The fourth-order valence-electron chi connectivity index (χ4n) is 5.35. The normalized spacial score (nSPS) is 20.0. The first-order valence-corrected chi connectivity index (χ1v) is 14.1. The number of fused-ring (bicyclic) bond motifs is 1. The molecule has 218 valence electrons. The molecule has 0 bridgehead atoms. The van der Waals surface area contributed by atoms with Crippen LogP contribution < -0.4 is 16.0 Å². The van der Waals surface area contributed by atoms with Crippen LogP contribution in [0.3, 0.4) is 0 Å². The van der Waals surface area contributed by atoms with E-state index >= 15 is 0 Å². The quantitative estimate of drug-likeness (QED) is 0.234. The van der Waals surface area contributed by atoms with Crippen molar-refractivity contribution in [3.8, 4) is 0 Å². The first-order valence-electron chi connectivity index (χ1n) is 14.1. The molecular formula is C29H29N11O3. The van der Waals surface area contributed by atoms with E-state index in [2.05, 4.69) is 30.2 Å². The minimum Gasteiger partial charge on any atom is -0.383 e. The lowest BCUT2D eigenvalue weighted by atomic mass is 10.1. The van der Waals surface area contributed by atoms with Gasteiger partial charge in [0.1, 0.15) is 30.3 Å². The number of rotatable bonds is 8. The maximum absolute atomic E-state index is 13.0. The van der Waals surface area contributed by atoms with E-state index in [1.165, 1.54) is 24.5 Å². The van der Waals surface area contributed by atoms with Gasteiger partial charge in [0, 0.05) is 49.4 Å². The summed E-state index contributed by atoms with van der Waals surface area (Å²) in [6.45, 7) is 2.06. The third-order valence-electron chi connectivity index (χ3n) is 8.03. The predicted molar refractivity (Wildman–Crippen MR) is 157 cm³/mol. The highest BCUT2D eigenvalue weighted by molar-refractivity contribution is 6.13. The van der Waals surface area contributed by atoms with Gasteiger partial charge in [-0.3, -0.25) is 24.4 Å². The number of carbonyl (C=O) groups is 3. The van der Waals surface area contributed by atoms with E-state index in [1.807, 2.05) is 35.9 Å². The molecule has 4 aromatic rings. The van der Waals surface area contributed by atoms with Crippen LogP contribution in [0.2, 0.25) is 0 Å². The number of nitrogens with zero attached hydrogens (tertiary/aromatic N) is 9. The second-order valence-electron chi connectivity index (χ2n) is 11.2. The highest BCUT2D eigenvalue weighted by atomic mass is 16.2. The topological polar surface area (TPSA) is 177 Å². The molecular weight excluding hydrogens is 550 g/mol. The summed E-state index contributed by atoms with van der Waals surface area (Å²) in [7, 11) is 1.48. The number of aliphatic imine (C=N–C) groups is 1. The Balaban J connectivity index is 1.10. The third-order valence-corrected chi connectivity index (χ3v) is 8.03. The standard InChI is InChI=1S/C29H29N11O3/c1-15-5-6-32-25(35-15)19-8-20(19)28(42)37-26-21(24(30)33-14-34-26)10-31-9-18-12-39-11-17(16-3-4-16)7-22(27(39)36-18)40-13-23(41)38(2)29(40)43/h5-7,10-12,14,16,19-20H,3-4,8-9,13H2,1-2H3,(H3,30,33,34,37,42). The highest BCUT2D eigenvalue weighted by Gasteiger charge is 2.46. The minimum absolute atomic E-state index is 0.0269. The molecule has 3 fully saturated rings. The van der Waals surface area contributed by atoms with Gasteiger partial charge in [-0.1, -0.05) is 0 Å². The Hall–Kier alpha value is -5.27. The highest BCUT2D eigenvalue weighted by Crippen LogP contribution is 2.46. The van der Waals surface area contributed by atoms with E-state index < -0.39 is 0 Å². The molecule has 0 spiro atoms. The van der Waals surface area contributed by atoms with Gasteiger partial charge in [0.2, 0.25) is 11.8 Å². The van der Waals surface area contributed by atoms with Crippen molar-refractivity contribution in [3.05, 3.63) is 65.4 Å². The first-order chi connectivity index (χ1) is 20.8. The lowest BCUT2D eigenvalue weighted by Crippen LogP contribution is -2.30. The van der Waals surface area contributed by atoms with Crippen molar-refractivity contribution < 1.29 is 14.4 Å². The zero-order valence-electron chi connectivity index (χ0n) is 23.6. The molecule has 2 saturated carbocycles. The number of nitrogens with one attached hydrogen (secondary N) is 1. The molecule has 1 saturated heterocycles. The van der Waals surface area contributed by atoms with Crippen LogP contribution in [0.25, 0.3) is 5.65 Å². The number of aryl methyl sites for hydroxylation is 1. The van der Waals surface area contributed by atoms with E-state index in [-0.39, 0.29) is 54.4 Å². The molecule has 3 aliphatic rings. The number of imide groups is 1. The molecule has 0 radical (unpaired) electrons. The van der Waals surface area contributed by atoms with Crippen molar-refractivity contribution in [1.82, 2.24) is 34.2 Å². The fourth-order valence-corrected chi connectivity index (χ4v) is 5.35. The number of aromatic nitrogens is 6. The van der Waals surface area contributed by atoms with Crippen molar-refractivity contribution >= 4 is 47.0 Å². The van der Waals surface area contributed by atoms with Crippen LogP contribution >= 0.6 is 0 Å². The number of anilines is 3. The molecule has 5 heterocycles. The molecule has 2 atom stereocenters. The summed E-state index contributed by atoms with van der Waals surface area (Å²) in [6, 6.07) is 3.41. The van der Waals surface area contributed by atoms with Crippen LogP contribution in [0.4, 0.5) is 22.1 Å². The van der Waals surface area contributed by atoms with Gasteiger partial charge in [-0.2, -0.15) is 0 Å². The molecule has 43 heavy (non-hydrogen) atoms. The summed E-state index contributed by atoms with van der Waals surface area (Å²) < 4.78 is 1.89. The Kier molecular flexibility index (Phi) is 6.33. The zero-order valence-corrected chi connectivity index (χ0v) is 23.6. The number of urea groups is 1. The van der Waals surface area contributed by atoms with Crippen molar-refractivity contribution in [2.45, 2.75) is 44.6 Å². The van der Waals surface area contributed by atoms with Crippen molar-refractivity contribution in [1.29, 1.82) is 0 Å². The van der Waals surface area contributed by atoms with E-state index in [1.54, 1.807) is 6.20 Å². The average molecular weight is 580 g/mol. The summed E-state index contributed by atoms with van der Waals surface area (Å²) in [6.07, 6.45) is 11.2. The molecule has 14 nitrogen and oxygen atoms in total. The molecule has 2 aliphatic carbocycles. The Labute approximate surface area is 246 Å². The van der Waals surface area contributed by atoms with Gasteiger partial charge in [-0.05, 0) is 49.8 Å². The minimum atomic E-state index is -0.375. The molecule has 4 amide bonds. The number of likely N-dealkylation sites (N-methyl/N-ethyl adjacent to an activating group) is 1. The molecule has 1 aliphatic heterocycles. The van der Waals surface area contributed by atoms with Crippen LogP contribution in [-0.4, -0.2) is 71.9 Å². The van der Waals surface area contributed by atoms with Gasteiger partial charge in [0.25, 0.3) is 0 Å². The molecule has 2 unspecified atom stereocenters. The van der Waals surface area contributed by atoms with Crippen LogP contribution in [-0.2, 0) is 16.1 Å². The fraction of sp³-hybridized carbons (Fsp3) is 0.345. The predicted octanol–water partition coefficient (Wildman–Crippen LogP) is 2.44. The summed E-state index contributed by atoms with van der Waals surface area (Å²) in [5, 5.41) is 2.86. The average Bonchev–Trinajstić information content (AvgIpc) is 3.91. The smallest absolute Gasteiger partial charge is 0.331 e. The second-order valence-corrected chi connectivity index (χ2v) is 11.2. The molecule has 4 aromatic heterocycles. The van der Waals surface area contributed by atoms with Crippen LogP contribution in [0.5, 0.6) is 0 Å². The monoisotopic (exact) mass is 579 g/mol. The Bertz CT molecular complexity index is 1830. The number of hydrogen-bond acceptors (Lipinski definition) is 10. The number of hydrogen-bond donors (Lipinski definition) is 2. The lowest BCUT2D eigenvalue weighted by Gasteiger charge is -2.17.